The number of fused-ring (bicyclic) bond motifs is 3. The zero-order valence-electron chi connectivity index (χ0n) is 24.6. The molecule has 1 atom stereocenters. The highest BCUT2D eigenvalue weighted by Gasteiger charge is 2.33. The second-order valence-corrected chi connectivity index (χ2v) is 12.5. The van der Waals surface area contributed by atoms with Crippen molar-refractivity contribution in [1.29, 1.82) is 0 Å². The first-order chi connectivity index (χ1) is 20.2. The minimum absolute atomic E-state index is 0.133. The van der Waals surface area contributed by atoms with Crippen molar-refractivity contribution in [2.75, 3.05) is 37.6 Å². The Morgan fingerprint density at radius 1 is 1.14 bits per heavy atom. The molecule has 220 valence electrons. The van der Waals surface area contributed by atoms with Crippen LogP contribution in [0.1, 0.15) is 61.6 Å². The van der Waals surface area contributed by atoms with Gasteiger partial charge in [0, 0.05) is 60.3 Å². The molecule has 0 aliphatic carbocycles. The SMILES string of the molecule is CCN1C(=O)CN([C@@H]2CCN(CCC=C3c4cc(C(C)(C)O)ccc4OCc4ncccc43)C2)Cc2ccc(Cl)cc21. The van der Waals surface area contributed by atoms with Gasteiger partial charge in [0.05, 0.1) is 17.8 Å². The molecule has 1 aromatic heterocycles. The predicted octanol–water partition coefficient (Wildman–Crippen LogP) is 5.62. The smallest absolute Gasteiger partial charge is 0.241 e. The highest BCUT2D eigenvalue weighted by molar-refractivity contribution is 6.31. The van der Waals surface area contributed by atoms with Crippen molar-refractivity contribution in [3.8, 4) is 5.75 Å². The molecule has 8 heteroatoms. The first-order valence-corrected chi connectivity index (χ1v) is 15.3. The molecule has 1 fully saturated rings. The van der Waals surface area contributed by atoms with E-state index in [9.17, 15) is 9.90 Å². The van der Waals surface area contributed by atoms with E-state index >= 15 is 0 Å². The molecule has 1 amide bonds. The number of hydrogen-bond donors (Lipinski definition) is 1. The monoisotopic (exact) mass is 586 g/mol. The van der Waals surface area contributed by atoms with Gasteiger partial charge >= 0.3 is 0 Å². The lowest BCUT2D eigenvalue weighted by Gasteiger charge is -2.27. The summed E-state index contributed by atoms with van der Waals surface area (Å²) in [5.41, 5.74) is 6.07. The molecule has 7 nitrogen and oxygen atoms in total. The highest BCUT2D eigenvalue weighted by atomic mass is 35.5. The standard InChI is InChI=1S/C34H39ClN4O3/c1-4-39-31-18-25(35)11-9-23(31)19-38(21-33(39)40)26-13-16-37(20-26)15-6-8-27-28-7-5-14-36-30(28)22-42-32-12-10-24(17-29(27)32)34(2,3)41/h5,7-12,14,17-18,26,41H,4,6,13,15-16,19-22H2,1-3H3/t26-/m1/s1. The largest absolute Gasteiger partial charge is 0.487 e. The number of pyridine rings is 1. The molecule has 0 unspecified atom stereocenters. The Morgan fingerprint density at radius 2 is 2.00 bits per heavy atom. The number of ether oxygens (including phenoxy) is 1. The van der Waals surface area contributed by atoms with Crippen molar-refractivity contribution < 1.29 is 14.6 Å². The van der Waals surface area contributed by atoms with E-state index in [2.05, 4.69) is 39.1 Å². The first-order valence-electron chi connectivity index (χ1n) is 14.9. The van der Waals surface area contributed by atoms with E-state index in [4.69, 9.17) is 16.3 Å². The Morgan fingerprint density at radius 3 is 2.81 bits per heavy atom. The number of amides is 1. The van der Waals surface area contributed by atoms with Crippen LogP contribution in [0.15, 0.2) is 60.8 Å². The number of rotatable bonds is 6. The van der Waals surface area contributed by atoms with Crippen molar-refractivity contribution >= 4 is 28.8 Å². The molecular formula is C34H39ClN4O3. The maximum atomic E-state index is 13.2. The Labute approximate surface area is 253 Å². The van der Waals surface area contributed by atoms with Gasteiger partial charge in [0.25, 0.3) is 0 Å². The van der Waals surface area contributed by atoms with E-state index in [1.165, 1.54) is 0 Å². The van der Waals surface area contributed by atoms with Crippen molar-refractivity contribution in [3.63, 3.8) is 0 Å². The molecule has 0 spiro atoms. The maximum absolute atomic E-state index is 13.2. The molecule has 2 aromatic carbocycles. The molecule has 42 heavy (non-hydrogen) atoms. The summed E-state index contributed by atoms with van der Waals surface area (Å²) in [7, 11) is 0. The molecular weight excluding hydrogens is 548 g/mol. The minimum Gasteiger partial charge on any atom is -0.487 e. The Hall–Kier alpha value is -3.23. The van der Waals surface area contributed by atoms with E-state index in [0.29, 0.717) is 30.8 Å². The van der Waals surface area contributed by atoms with Gasteiger partial charge in [0.2, 0.25) is 5.91 Å². The van der Waals surface area contributed by atoms with E-state index < -0.39 is 5.60 Å². The summed E-state index contributed by atoms with van der Waals surface area (Å²) in [6, 6.07) is 16.3. The number of benzene rings is 2. The Kier molecular flexibility index (Phi) is 8.11. The zero-order valence-corrected chi connectivity index (χ0v) is 25.4. The van der Waals surface area contributed by atoms with Gasteiger partial charge in [-0.1, -0.05) is 35.9 Å². The molecule has 3 aliphatic heterocycles. The third-order valence-electron chi connectivity index (χ3n) is 8.75. The van der Waals surface area contributed by atoms with Gasteiger partial charge in [-0.2, -0.15) is 0 Å². The number of halogens is 1. The van der Waals surface area contributed by atoms with E-state index in [1.54, 1.807) is 13.8 Å². The second-order valence-electron chi connectivity index (χ2n) is 12.0. The first kappa shape index (κ1) is 28.9. The highest BCUT2D eigenvalue weighted by Crippen LogP contribution is 2.39. The molecule has 6 rings (SSSR count). The third kappa shape index (κ3) is 5.84. The van der Waals surface area contributed by atoms with Crippen LogP contribution in [-0.4, -0.2) is 64.6 Å². The van der Waals surface area contributed by atoms with Crippen LogP contribution in [0, 0.1) is 0 Å². The normalized spacial score (nSPS) is 20.5. The number of aromatic nitrogens is 1. The van der Waals surface area contributed by atoms with Crippen LogP contribution in [0.3, 0.4) is 0 Å². The van der Waals surface area contributed by atoms with Crippen LogP contribution in [-0.2, 0) is 23.5 Å². The summed E-state index contributed by atoms with van der Waals surface area (Å²) in [5.74, 6) is 0.940. The van der Waals surface area contributed by atoms with Crippen LogP contribution in [0.2, 0.25) is 5.02 Å². The van der Waals surface area contributed by atoms with E-state index in [1.807, 2.05) is 48.4 Å². The number of anilines is 1. The fourth-order valence-corrected chi connectivity index (χ4v) is 6.62. The maximum Gasteiger partial charge on any atom is 0.241 e. The number of hydrogen-bond acceptors (Lipinski definition) is 6. The summed E-state index contributed by atoms with van der Waals surface area (Å²) in [4.78, 5) is 24.5. The predicted molar refractivity (Wildman–Crippen MR) is 167 cm³/mol. The summed E-state index contributed by atoms with van der Waals surface area (Å²) in [6.07, 6.45) is 6.01. The molecule has 0 saturated carbocycles. The van der Waals surface area contributed by atoms with Gasteiger partial charge in [-0.05, 0) is 87.2 Å². The fraction of sp³-hybridized carbons (Fsp3) is 0.412. The summed E-state index contributed by atoms with van der Waals surface area (Å²) in [5, 5.41) is 11.4. The van der Waals surface area contributed by atoms with Crippen LogP contribution in [0.4, 0.5) is 5.69 Å². The number of likely N-dealkylation sites (tertiary alicyclic amines) is 1. The fourth-order valence-electron chi connectivity index (χ4n) is 6.46. The van der Waals surface area contributed by atoms with Crippen molar-refractivity contribution in [2.45, 2.75) is 58.4 Å². The van der Waals surface area contributed by atoms with Gasteiger partial charge < -0.3 is 19.6 Å². The van der Waals surface area contributed by atoms with Crippen LogP contribution < -0.4 is 9.64 Å². The van der Waals surface area contributed by atoms with Gasteiger partial charge in [0.1, 0.15) is 12.4 Å². The average Bonchev–Trinajstić information content (AvgIpc) is 3.31. The van der Waals surface area contributed by atoms with Gasteiger partial charge in [0.15, 0.2) is 0 Å². The lowest BCUT2D eigenvalue weighted by Crippen LogP contribution is -2.43. The van der Waals surface area contributed by atoms with Gasteiger partial charge in [-0.3, -0.25) is 14.7 Å². The van der Waals surface area contributed by atoms with Gasteiger partial charge in [-0.15, -0.1) is 0 Å². The average molecular weight is 587 g/mol. The van der Waals surface area contributed by atoms with Crippen LogP contribution in [0.5, 0.6) is 5.75 Å². The third-order valence-corrected chi connectivity index (χ3v) is 8.98. The molecule has 4 heterocycles. The molecule has 0 bridgehead atoms. The number of likely N-dealkylation sites (N-methyl/N-ethyl adjacent to an activating group) is 1. The number of nitrogens with zero attached hydrogens (tertiary/aromatic N) is 4. The summed E-state index contributed by atoms with van der Waals surface area (Å²) in [6.45, 7) is 10.7. The number of carbonyl (C=O) groups excluding carboxylic acids is 1. The molecule has 1 saturated heterocycles. The van der Waals surface area contributed by atoms with Crippen molar-refractivity contribution in [1.82, 2.24) is 14.8 Å². The van der Waals surface area contributed by atoms with E-state index in [-0.39, 0.29) is 5.91 Å². The van der Waals surface area contributed by atoms with Crippen molar-refractivity contribution in [3.05, 3.63) is 93.8 Å². The Balaban J connectivity index is 1.19. The van der Waals surface area contributed by atoms with Crippen LogP contribution in [0.25, 0.3) is 5.57 Å². The zero-order chi connectivity index (χ0) is 29.4. The number of aliphatic hydroxyl groups is 1. The summed E-state index contributed by atoms with van der Waals surface area (Å²) < 4.78 is 6.16. The van der Waals surface area contributed by atoms with E-state index in [0.717, 1.165) is 84.0 Å². The molecule has 1 N–H and O–H groups in total. The van der Waals surface area contributed by atoms with Gasteiger partial charge in [-0.25, -0.2) is 0 Å². The lowest BCUT2D eigenvalue weighted by molar-refractivity contribution is -0.120. The minimum atomic E-state index is -0.954. The second kappa shape index (κ2) is 11.8. The molecule has 0 radical (unpaired) electrons. The number of carbonyl (C=O) groups is 1. The van der Waals surface area contributed by atoms with Crippen LogP contribution >= 0.6 is 11.6 Å². The molecule has 3 aliphatic rings. The lowest BCUT2D eigenvalue weighted by atomic mass is 9.90. The summed E-state index contributed by atoms with van der Waals surface area (Å²) >= 11 is 6.30. The molecule has 3 aromatic rings. The topological polar surface area (TPSA) is 69.1 Å². The Bertz CT molecular complexity index is 1510. The van der Waals surface area contributed by atoms with Crippen molar-refractivity contribution in [2.24, 2.45) is 0 Å². The quantitative estimate of drug-likeness (QED) is 0.404.